The van der Waals surface area contributed by atoms with Crippen molar-refractivity contribution in [1.82, 2.24) is 9.55 Å². The molecule has 0 radical (unpaired) electrons. The molecule has 1 unspecified atom stereocenters. The molecule has 1 aromatic rings. The Balaban J connectivity index is 1.91. The van der Waals surface area contributed by atoms with Gasteiger partial charge in [0.2, 0.25) is 5.95 Å². The Labute approximate surface area is 85.5 Å². The Hall–Kier alpha value is -0.990. The molecule has 3 nitrogen and oxygen atoms in total. The van der Waals surface area contributed by atoms with E-state index in [1.54, 1.807) is 0 Å². The predicted octanol–water partition coefficient (Wildman–Crippen LogP) is 2.33. The van der Waals surface area contributed by atoms with Gasteiger partial charge in [-0.1, -0.05) is 12.8 Å². The van der Waals surface area contributed by atoms with Gasteiger partial charge in [-0.25, -0.2) is 4.98 Å². The van der Waals surface area contributed by atoms with Crippen LogP contribution in [0, 0.1) is 12.8 Å². The normalized spacial score (nSPS) is 18.2. The fraction of sp³-hybridized carbons (Fsp3) is 0.727. The minimum Gasteiger partial charge on any atom is -0.353 e. The Morgan fingerprint density at radius 2 is 2.36 bits per heavy atom. The van der Waals surface area contributed by atoms with E-state index in [4.69, 9.17) is 0 Å². The van der Waals surface area contributed by atoms with Crippen molar-refractivity contribution in [1.29, 1.82) is 0 Å². The highest BCUT2D eigenvalue weighted by atomic mass is 15.2. The second-order valence-corrected chi connectivity index (χ2v) is 4.54. The third kappa shape index (κ3) is 2.28. The van der Waals surface area contributed by atoms with E-state index < -0.39 is 0 Å². The first-order valence-corrected chi connectivity index (χ1v) is 5.41. The molecule has 1 N–H and O–H groups in total. The first kappa shape index (κ1) is 9.56. The van der Waals surface area contributed by atoms with Crippen LogP contribution in [0.3, 0.4) is 0 Å². The van der Waals surface area contributed by atoms with Crippen LogP contribution in [0.1, 0.15) is 31.9 Å². The molecule has 0 bridgehead atoms. The summed E-state index contributed by atoms with van der Waals surface area (Å²) in [5.41, 5.74) is 1.08. The molecule has 0 amide bonds. The lowest BCUT2D eigenvalue weighted by atomic mass is 10.2. The molecule has 2 rings (SSSR count). The number of anilines is 1. The summed E-state index contributed by atoms with van der Waals surface area (Å²) in [6.07, 6.45) is 6.18. The van der Waals surface area contributed by atoms with Gasteiger partial charge < -0.3 is 9.88 Å². The van der Waals surface area contributed by atoms with Crippen molar-refractivity contribution in [3.63, 3.8) is 0 Å². The van der Waals surface area contributed by atoms with Crippen LogP contribution in [-0.2, 0) is 7.05 Å². The summed E-state index contributed by atoms with van der Waals surface area (Å²) >= 11 is 0. The second kappa shape index (κ2) is 3.64. The van der Waals surface area contributed by atoms with Gasteiger partial charge in [-0.15, -0.1) is 0 Å². The molecule has 1 saturated carbocycles. The molecule has 0 saturated heterocycles. The molecule has 0 aromatic carbocycles. The van der Waals surface area contributed by atoms with Gasteiger partial charge in [0.1, 0.15) is 0 Å². The van der Waals surface area contributed by atoms with Crippen LogP contribution >= 0.6 is 0 Å². The highest BCUT2D eigenvalue weighted by Gasteiger charge is 2.23. The first-order chi connectivity index (χ1) is 6.65. The average Bonchev–Trinajstić information content (AvgIpc) is 2.81. The van der Waals surface area contributed by atoms with E-state index in [0.29, 0.717) is 6.04 Å². The molecule has 1 aliphatic carbocycles. The largest absolute Gasteiger partial charge is 0.353 e. The smallest absolute Gasteiger partial charge is 0.202 e. The lowest BCUT2D eigenvalue weighted by molar-refractivity contribution is 0.633. The standard InChI is InChI=1S/C11H19N3/c1-8(6-10-4-5-10)12-11-13-9(2)7-14(11)3/h7-8,10H,4-6H2,1-3H3,(H,12,13). The monoisotopic (exact) mass is 193 g/mol. The van der Waals surface area contributed by atoms with Crippen molar-refractivity contribution in [3.05, 3.63) is 11.9 Å². The highest BCUT2D eigenvalue weighted by molar-refractivity contribution is 5.29. The zero-order valence-electron chi connectivity index (χ0n) is 9.25. The number of rotatable bonds is 4. The molecule has 1 heterocycles. The van der Waals surface area contributed by atoms with Gasteiger partial charge in [0.05, 0.1) is 5.69 Å². The Morgan fingerprint density at radius 3 is 2.86 bits per heavy atom. The SMILES string of the molecule is Cc1cn(C)c(NC(C)CC2CC2)n1. The summed E-state index contributed by atoms with van der Waals surface area (Å²) in [5.74, 6) is 1.97. The van der Waals surface area contributed by atoms with Crippen molar-refractivity contribution in [3.8, 4) is 0 Å². The maximum Gasteiger partial charge on any atom is 0.202 e. The molecule has 1 fully saturated rings. The molecule has 0 spiro atoms. The van der Waals surface area contributed by atoms with E-state index in [9.17, 15) is 0 Å². The molecule has 3 heteroatoms. The molecule has 1 atom stereocenters. The molecular formula is C11H19N3. The summed E-state index contributed by atoms with van der Waals surface area (Å²) in [7, 11) is 2.03. The zero-order chi connectivity index (χ0) is 10.1. The molecule has 0 aliphatic heterocycles. The van der Waals surface area contributed by atoms with Crippen molar-refractivity contribution < 1.29 is 0 Å². The number of imidazole rings is 1. The Morgan fingerprint density at radius 1 is 1.64 bits per heavy atom. The molecule has 14 heavy (non-hydrogen) atoms. The first-order valence-electron chi connectivity index (χ1n) is 5.41. The van der Waals surface area contributed by atoms with E-state index in [1.807, 2.05) is 20.2 Å². The fourth-order valence-electron chi connectivity index (χ4n) is 1.88. The van der Waals surface area contributed by atoms with Gasteiger partial charge in [0.25, 0.3) is 0 Å². The van der Waals surface area contributed by atoms with Gasteiger partial charge in [0.15, 0.2) is 0 Å². The van der Waals surface area contributed by atoms with Crippen molar-refractivity contribution in [2.75, 3.05) is 5.32 Å². The van der Waals surface area contributed by atoms with Crippen LogP contribution in [0.25, 0.3) is 0 Å². The van der Waals surface area contributed by atoms with E-state index in [2.05, 4.69) is 21.8 Å². The van der Waals surface area contributed by atoms with Gasteiger partial charge >= 0.3 is 0 Å². The number of aryl methyl sites for hydroxylation is 2. The summed E-state index contributed by atoms with van der Waals surface area (Å²) in [6.45, 7) is 4.26. The van der Waals surface area contributed by atoms with Gasteiger partial charge in [0, 0.05) is 19.3 Å². The predicted molar refractivity (Wildman–Crippen MR) is 58.4 cm³/mol. The minimum atomic E-state index is 0.544. The molecule has 78 valence electrons. The summed E-state index contributed by atoms with van der Waals surface area (Å²) in [5, 5.41) is 3.45. The zero-order valence-corrected chi connectivity index (χ0v) is 9.25. The molecule has 1 aliphatic rings. The maximum atomic E-state index is 4.43. The number of aromatic nitrogens is 2. The highest BCUT2D eigenvalue weighted by Crippen LogP contribution is 2.33. The topological polar surface area (TPSA) is 29.9 Å². The third-order valence-electron chi connectivity index (χ3n) is 2.76. The lowest BCUT2D eigenvalue weighted by Gasteiger charge is -2.13. The molecule has 1 aromatic heterocycles. The number of nitrogens with one attached hydrogen (secondary N) is 1. The van der Waals surface area contributed by atoms with Crippen molar-refractivity contribution in [2.45, 2.75) is 39.2 Å². The van der Waals surface area contributed by atoms with E-state index in [-0.39, 0.29) is 0 Å². The third-order valence-corrected chi connectivity index (χ3v) is 2.76. The minimum absolute atomic E-state index is 0.544. The fourth-order valence-corrected chi connectivity index (χ4v) is 1.88. The lowest BCUT2D eigenvalue weighted by Crippen LogP contribution is -2.18. The number of nitrogens with zero attached hydrogens (tertiary/aromatic N) is 2. The Bertz CT molecular complexity index is 312. The summed E-state index contributed by atoms with van der Waals surface area (Å²) in [6, 6.07) is 0.544. The molecular weight excluding hydrogens is 174 g/mol. The maximum absolute atomic E-state index is 4.43. The van der Waals surface area contributed by atoms with Crippen LogP contribution in [-0.4, -0.2) is 15.6 Å². The number of hydrogen-bond donors (Lipinski definition) is 1. The summed E-state index contributed by atoms with van der Waals surface area (Å²) < 4.78 is 2.05. The second-order valence-electron chi connectivity index (χ2n) is 4.54. The average molecular weight is 193 g/mol. The van der Waals surface area contributed by atoms with E-state index >= 15 is 0 Å². The van der Waals surface area contributed by atoms with Gasteiger partial charge in [-0.05, 0) is 26.2 Å². The number of hydrogen-bond acceptors (Lipinski definition) is 2. The van der Waals surface area contributed by atoms with E-state index in [1.165, 1.54) is 19.3 Å². The van der Waals surface area contributed by atoms with Crippen molar-refractivity contribution >= 4 is 5.95 Å². The van der Waals surface area contributed by atoms with Crippen LogP contribution in [0.15, 0.2) is 6.20 Å². The quantitative estimate of drug-likeness (QED) is 0.795. The van der Waals surface area contributed by atoms with Crippen LogP contribution in [0.4, 0.5) is 5.95 Å². The van der Waals surface area contributed by atoms with E-state index in [0.717, 1.165) is 17.6 Å². The van der Waals surface area contributed by atoms with Gasteiger partial charge in [-0.2, -0.15) is 0 Å². The van der Waals surface area contributed by atoms with Crippen molar-refractivity contribution in [2.24, 2.45) is 13.0 Å². The summed E-state index contributed by atoms with van der Waals surface area (Å²) in [4.78, 5) is 4.43. The van der Waals surface area contributed by atoms with Crippen LogP contribution in [0.2, 0.25) is 0 Å². The van der Waals surface area contributed by atoms with Crippen LogP contribution in [0.5, 0.6) is 0 Å². The van der Waals surface area contributed by atoms with Gasteiger partial charge in [-0.3, -0.25) is 0 Å². The Kier molecular flexibility index (Phi) is 2.48. The van der Waals surface area contributed by atoms with Crippen LogP contribution < -0.4 is 5.32 Å².